The molecular weight excluding hydrogens is 232 g/mol. The summed E-state index contributed by atoms with van der Waals surface area (Å²) in [6, 6.07) is 0. The Balaban J connectivity index is 3.64. The van der Waals surface area contributed by atoms with Gasteiger partial charge in [-0.05, 0) is 19.8 Å². The molecule has 5 heteroatoms. The summed E-state index contributed by atoms with van der Waals surface area (Å²) in [4.78, 5) is 33.5. The average Bonchev–Trinajstić information content (AvgIpc) is 2.33. The van der Waals surface area contributed by atoms with E-state index in [4.69, 9.17) is 0 Å². The van der Waals surface area contributed by atoms with Crippen LogP contribution in [0.25, 0.3) is 0 Å². The van der Waals surface area contributed by atoms with Crippen LogP contribution in [-0.2, 0) is 14.4 Å². The lowest BCUT2D eigenvalue weighted by molar-refractivity contribution is -0.126. The fourth-order valence-corrected chi connectivity index (χ4v) is 1.57. The Kier molecular flexibility index (Phi) is 8.88. The molecule has 0 heterocycles. The first-order valence-corrected chi connectivity index (χ1v) is 6.55. The third-order valence-electron chi connectivity index (χ3n) is 2.81. The smallest absolute Gasteiger partial charge is 0.223 e. The van der Waals surface area contributed by atoms with Gasteiger partial charge in [0.25, 0.3) is 0 Å². The Hall–Kier alpha value is -1.39. The predicted molar refractivity (Wildman–Crippen MR) is 70.0 cm³/mol. The van der Waals surface area contributed by atoms with Crippen molar-refractivity contribution >= 4 is 17.6 Å². The van der Waals surface area contributed by atoms with Crippen LogP contribution in [-0.4, -0.2) is 30.7 Å². The highest BCUT2D eigenvalue weighted by molar-refractivity contribution is 5.83. The van der Waals surface area contributed by atoms with Gasteiger partial charge in [0.15, 0.2) is 0 Å². The zero-order valence-corrected chi connectivity index (χ0v) is 11.5. The Morgan fingerprint density at radius 3 is 2.00 bits per heavy atom. The number of carbonyl (C=O) groups excluding carboxylic acids is 3. The van der Waals surface area contributed by atoms with Gasteiger partial charge in [0.05, 0.1) is 0 Å². The lowest BCUT2D eigenvalue weighted by atomic mass is 10.0. The van der Waals surface area contributed by atoms with Crippen molar-refractivity contribution in [1.29, 1.82) is 0 Å². The predicted octanol–water partition coefficient (Wildman–Crippen LogP) is 1.02. The van der Waals surface area contributed by atoms with E-state index in [0.29, 0.717) is 13.1 Å². The number of carbonyl (C=O) groups is 3. The molecule has 5 nitrogen and oxygen atoms in total. The molecule has 2 amide bonds. The zero-order valence-electron chi connectivity index (χ0n) is 11.5. The van der Waals surface area contributed by atoms with Crippen molar-refractivity contribution in [2.45, 2.75) is 46.5 Å². The van der Waals surface area contributed by atoms with Crippen molar-refractivity contribution in [3.63, 3.8) is 0 Å². The van der Waals surface area contributed by atoms with Gasteiger partial charge >= 0.3 is 0 Å². The maximum Gasteiger partial charge on any atom is 0.223 e. The Labute approximate surface area is 109 Å². The number of rotatable bonds is 9. The van der Waals surface area contributed by atoms with E-state index in [2.05, 4.69) is 10.6 Å². The Morgan fingerprint density at radius 1 is 0.944 bits per heavy atom. The lowest BCUT2D eigenvalue weighted by Gasteiger charge is -2.12. The van der Waals surface area contributed by atoms with Gasteiger partial charge in [-0.3, -0.25) is 9.59 Å². The second-order valence-corrected chi connectivity index (χ2v) is 4.36. The molecule has 0 radical (unpaired) electrons. The number of amides is 2. The average molecular weight is 256 g/mol. The van der Waals surface area contributed by atoms with Crippen LogP contribution in [0.3, 0.4) is 0 Å². The second-order valence-electron chi connectivity index (χ2n) is 4.36. The number of nitrogens with one attached hydrogen (secondary N) is 2. The molecule has 0 fully saturated rings. The van der Waals surface area contributed by atoms with Gasteiger partial charge in [-0.2, -0.15) is 0 Å². The molecule has 0 aliphatic carbocycles. The van der Waals surface area contributed by atoms with Crippen LogP contribution in [0.1, 0.15) is 46.5 Å². The molecule has 0 aliphatic rings. The molecule has 104 valence electrons. The maximum absolute atomic E-state index is 11.6. The monoisotopic (exact) mass is 256 g/mol. The minimum atomic E-state index is -0.151. The highest BCUT2D eigenvalue weighted by atomic mass is 16.2. The molecular formula is C13H24N2O3. The summed E-state index contributed by atoms with van der Waals surface area (Å²) in [5.41, 5.74) is 0. The summed E-state index contributed by atoms with van der Waals surface area (Å²) >= 11 is 0. The standard InChI is InChI=1S/C13H24N2O3/c1-4-11(5-2)13(18)15-9-8-14-12(17)7-6-10(3)16/h11H,4-9H2,1-3H3,(H,14,17)(H,15,18). The fourth-order valence-electron chi connectivity index (χ4n) is 1.57. The van der Waals surface area contributed by atoms with E-state index in [1.54, 1.807) is 0 Å². The van der Waals surface area contributed by atoms with E-state index in [1.807, 2.05) is 13.8 Å². The first-order chi connectivity index (χ1) is 8.51. The molecule has 0 aromatic carbocycles. The second kappa shape index (κ2) is 9.62. The highest BCUT2D eigenvalue weighted by Crippen LogP contribution is 2.06. The third-order valence-corrected chi connectivity index (χ3v) is 2.81. The Bertz CT molecular complexity index is 286. The highest BCUT2D eigenvalue weighted by Gasteiger charge is 2.12. The molecule has 0 saturated heterocycles. The third kappa shape index (κ3) is 7.81. The quantitative estimate of drug-likeness (QED) is 0.605. The number of Topliss-reactive ketones (excluding diaryl/α,β-unsaturated/α-hetero) is 1. The van der Waals surface area contributed by atoms with Crippen LogP contribution in [0.4, 0.5) is 0 Å². The van der Waals surface area contributed by atoms with E-state index in [1.165, 1.54) is 6.92 Å². The van der Waals surface area contributed by atoms with Gasteiger partial charge in [-0.1, -0.05) is 13.8 Å². The van der Waals surface area contributed by atoms with Crippen molar-refractivity contribution in [3.8, 4) is 0 Å². The van der Waals surface area contributed by atoms with Gasteiger partial charge in [-0.15, -0.1) is 0 Å². The SMILES string of the molecule is CCC(CC)C(=O)NCCNC(=O)CCC(C)=O. The summed E-state index contributed by atoms with van der Waals surface area (Å²) in [5.74, 6) is -0.0504. The minimum absolute atomic E-state index is 0.00665. The molecule has 0 aliphatic heterocycles. The molecule has 2 N–H and O–H groups in total. The van der Waals surface area contributed by atoms with Gasteiger partial charge in [0.2, 0.25) is 11.8 Å². The van der Waals surface area contributed by atoms with Gasteiger partial charge in [0, 0.05) is 31.8 Å². The zero-order chi connectivity index (χ0) is 14.0. The van der Waals surface area contributed by atoms with Crippen molar-refractivity contribution in [2.24, 2.45) is 5.92 Å². The van der Waals surface area contributed by atoms with Crippen molar-refractivity contribution < 1.29 is 14.4 Å². The van der Waals surface area contributed by atoms with E-state index in [0.717, 1.165) is 12.8 Å². The van der Waals surface area contributed by atoms with Crippen LogP contribution < -0.4 is 10.6 Å². The largest absolute Gasteiger partial charge is 0.354 e. The van der Waals surface area contributed by atoms with Gasteiger partial charge < -0.3 is 15.4 Å². The molecule has 0 spiro atoms. The molecule has 0 bridgehead atoms. The lowest BCUT2D eigenvalue weighted by Crippen LogP contribution is -2.37. The van der Waals surface area contributed by atoms with Crippen molar-refractivity contribution in [1.82, 2.24) is 10.6 Å². The van der Waals surface area contributed by atoms with Crippen LogP contribution in [0, 0.1) is 5.92 Å². The summed E-state index contributed by atoms with van der Waals surface area (Å²) in [5, 5.41) is 5.45. The van der Waals surface area contributed by atoms with E-state index in [-0.39, 0.29) is 36.4 Å². The summed E-state index contributed by atoms with van der Waals surface area (Å²) in [6.07, 6.45) is 2.14. The van der Waals surface area contributed by atoms with Gasteiger partial charge in [-0.25, -0.2) is 0 Å². The molecule has 0 aromatic heterocycles. The normalized spacial score (nSPS) is 10.2. The van der Waals surface area contributed by atoms with Crippen molar-refractivity contribution in [2.75, 3.05) is 13.1 Å². The van der Waals surface area contributed by atoms with E-state index < -0.39 is 0 Å². The van der Waals surface area contributed by atoms with Crippen molar-refractivity contribution in [3.05, 3.63) is 0 Å². The minimum Gasteiger partial charge on any atom is -0.354 e. The fraction of sp³-hybridized carbons (Fsp3) is 0.769. The molecule has 0 atom stereocenters. The summed E-state index contributed by atoms with van der Waals surface area (Å²) in [7, 11) is 0. The number of ketones is 1. The number of hydrogen-bond acceptors (Lipinski definition) is 3. The maximum atomic E-state index is 11.6. The first kappa shape index (κ1) is 16.6. The molecule has 18 heavy (non-hydrogen) atoms. The Morgan fingerprint density at radius 2 is 1.50 bits per heavy atom. The molecule has 0 saturated carbocycles. The summed E-state index contributed by atoms with van der Waals surface area (Å²) < 4.78 is 0. The van der Waals surface area contributed by atoms with E-state index in [9.17, 15) is 14.4 Å². The first-order valence-electron chi connectivity index (χ1n) is 6.55. The van der Waals surface area contributed by atoms with Gasteiger partial charge in [0.1, 0.15) is 5.78 Å². The topological polar surface area (TPSA) is 75.3 Å². The van der Waals surface area contributed by atoms with E-state index >= 15 is 0 Å². The van der Waals surface area contributed by atoms with Crippen LogP contribution in [0.15, 0.2) is 0 Å². The van der Waals surface area contributed by atoms with Crippen LogP contribution >= 0.6 is 0 Å². The van der Waals surface area contributed by atoms with Crippen LogP contribution in [0.5, 0.6) is 0 Å². The molecule has 0 unspecified atom stereocenters. The van der Waals surface area contributed by atoms with Crippen LogP contribution in [0.2, 0.25) is 0 Å². The molecule has 0 rings (SSSR count). The summed E-state index contributed by atoms with van der Waals surface area (Å²) in [6.45, 7) is 6.27. The molecule has 0 aromatic rings. The number of hydrogen-bond donors (Lipinski definition) is 2.